The van der Waals surface area contributed by atoms with Crippen molar-refractivity contribution >= 4 is 17.9 Å². The number of carboxylic acids is 3. The van der Waals surface area contributed by atoms with Crippen LogP contribution in [0.1, 0.15) is 0 Å². The quantitative estimate of drug-likeness (QED) is 0.249. The molecule has 196 valence electrons. The van der Waals surface area contributed by atoms with Crippen molar-refractivity contribution in [3.05, 3.63) is 0 Å². The predicted octanol–water partition coefficient (Wildman–Crippen LogP) is -2.85. The lowest BCUT2D eigenvalue weighted by Crippen LogP contribution is -2.50. The number of ether oxygens (including phenoxy) is 1. The minimum Gasteiger partial charge on any atom is -0.480 e. The molecule has 2 aliphatic heterocycles. The fourth-order valence-electron chi connectivity index (χ4n) is 4.25. The number of aliphatic carboxylic acids is 3. The van der Waals surface area contributed by atoms with Gasteiger partial charge in [-0.15, -0.1) is 0 Å². The first-order valence-corrected chi connectivity index (χ1v) is 11.7. The number of aliphatic hydroxyl groups excluding tert-OH is 1. The van der Waals surface area contributed by atoms with Crippen LogP contribution in [0.2, 0.25) is 0 Å². The predicted molar refractivity (Wildman–Crippen MR) is 122 cm³/mol. The molecular weight excluding hydrogens is 450 g/mol. The summed E-state index contributed by atoms with van der Waals surface area (Å²) >= 11 is 0. The van der Waals surface area contributed by atoms with Crippen LogP contribution in [0.15, 0.2) is 0 Å². The fraction of sp³-hybridized carbons (Fsp3) is 0.857. The summed E-state index contributed by atoms with van der Waals surface area (Å²) < 4.78 is 5.35. The first-order valence-electron chi connectivity index (χ1n) is 11.7. The molecule has 34 heavy (non-hydrogen) atoms. The SMILES string of the molecule is O=C(O)CN1CCN(CC(=O)O)CCN(CC(O)CN2CCOCC2)CCN(CC(=O)O)CC1. The van der Waals surface area contributed by atoms with Gasteiger partial charge in [-0.2, -0.15) is 0 Å². The van der Waals surface area contributed by atoms with Crippen molar-refractivity contribution in [2.75, 3.05) is 111 Å². The molecule has 2 fully saturated rings. The van der Waals surface area contributed by atoms with Gasteiger partial charge in [-0.1, -0.05) is 0 Å². The maximum atomic E-state index is 11.3. The second-order valence-electron chi connectivity index (χ2n) is 8.88. The van der Waals surface area contributed by atoms with Gasteiger partial charge in [-0.3, -0.25) is 38.9 Å². The van der Waals surface area contributed by atoms with Crippen molar-refractivity contribution in [1.82, 2.24) is 24.5 Å². The molecule has 1 atom stereocenters. The molecule has 4 N–H and O–H groups in total. The molecule has 0 spiro atoms. The normalized spacial score (nSPS) is 22.5. The summed E-state index contributed by atoms with van der Waals surface area (Å²) in [4.78, 5) is 43.4. The summed E-state index contributed by atoms with van der Waals surface area (Å²) in [6, 6.07) is 0. The molecule has 0 aromatic rings. The van der Waals surface area contributed by atoms with E-state index in [1.807, 2.05) is 4.90 Å². The molecule has 13 nitrogen and oxygen atoms in total. The Morgan fingerprint density at radius 1 is 0.559 bits per heavy atom. The summed E-state index contributed by atoms with van der Waals surface area (Å²) in [5, 5.41) is 38.5. The molecule has 0 aromatic heterocycles. The molecule has 0 radical (unpaired) electrons. The number of aliphatic hydroxyl groups is 1. The highest BCUT2D eigenvalue weighted by atomic mass is 16.5. The van der Waals surface area contributed by atoms with Crippen LogP contribution in [0.5, 0.6) is 0 Å². The third-order valence-electron chi connectivity index (χ3n) is 6.05. The van der Waals surface area contributed by atoms with Crippen LogP contribution < -0.4 is 0 Å². The largest absolute Gasteiger partial charge is 0.480 e. The number of nitrogens with zero attached hydrogens (tertiary/aromatic N) is 5. The Morgan fingerprint density at radius 2 is 0.853 bits per heavy atom. The molecule has 0 amide bonds. The summed E-state index contributed by atoms with van der Waals surface area (Å²) in [5.74, 6) is -2.89. The molecule has 0 aromatic carbocycles. The molecule has 0 saturated carbocycles. The zero-order valence-corrected chi connectivity index (χ0v) is 19.8. The van der Waals surface area contributed by atoms with E-state index in [0.29, 0.717) is 78.7 Å². The first kappa shape index (κ1) is 28.4. The smallest absolute Gasteiger partial charge is 0.317 e. The van der Waals surface area contributed by atoms with E-state index in [0.717, 1.165) is 13.1 Å². The number of morpholine rings is 1. The molecule has 2 heterocycles. The second-order valence-corrected chi connectivity index (χ2v) is 8.88. The lowest BCUT2D eigenvalue weighted by atomic mass is 10.2. The summed E-state index contributed by atoms with van der Waals surface area (Å²) in [5.41, 5.74) is 0. The van der Waals surface area contributed by atoms with Gasteiger partial charge in [0.05, 0.1) is 39.0 Å². The van der Waals surface area contributed by atoms with E-state index in [-0.39, 0.29) is 19.6 Å². The Kier molecular flexibility index (Phi) is 12.7. The lowest BCUT2D eigenvalue weighted by Gasteiger charge is -2.34. The molecule has 2 aliphatic rings. The minimum atomic E-state index is -0.984. The van der Waals surface area contributed by atoms with E-state index in [2.05, 4.69) is 4.90 Å². The molecule has 2 rings (SSSR count). The van der Waals surface area contributed by atoms with Crippen molar-refractivity contribution in [3.63, 3.8) is 0 Å². The highest BCUT2D eigenvalue weighted by Gasteiger charge is 2.22. The van der Waals surface area contributed by atoms with E-state index in [4.69, 9.17) is 4.74 Å². The van der Waals surface area contributed by atoms with Crippen LogP contribution in [-0.2, 0) is 19.1 Å². The van der Waals surface area contributed by atoms with Crippen LogP contribution in [0.25, 0.3) is 0 Å². The summed E-state index contributed by atoms with van der Waals surface area (Å²) in [6.45, 7) is 6.60. The van der Waals surface area contributed by atoms with Crippen molar-refractivity contribution in [1.29, 1.82) is 0 Å². The highest BCUT2D eigenvalue weighted by molar-refractivity contribution is 5.69. The first-order chi connectivity index (χ1) is 16.2. The Labute approximate surface area is 200 Å². The van der Waals surface area contributed by atoms with Gasteiger partial charge in [-0.05, 0) is 0 Å². The van der Waals surface area contributed by atoms with Crippen molar-refractivity contribution in [2.45, 2.75) is 6.10 Å². The monoisotopic (exact) mass is 489 g/mol. The van der Waals surface area contributed by atoms with Crippen LogP contribution >= 0.6 is 0 Å². The Balaban J connectivity index is 2.05. The molecule has 1 unspecified atom stereocenters. The van der Waals surface area contributed by atoms with Gasteiger partial charge < -0.3 is 25.2 Å². The standard InChI is InChI=1S/C21H39N5O8/c27-18(14-26-9-11-34-12-10-26)13-22-1-3-23(15-19(28)29)5-7-25(17-21(32)33)8-6-24(4-2-22)16-20(30)31/h18,27H,1-17H2,(H,28,29)(H,30,31)(H,32,33). The van der Waals surface area contributed by atoms with Crippen LogP contribution in [-0.4, -0.2) is 180 Å². The number of β-amino-alcohol motifs (C(OH)–C–C–N with tert-alkyl or cyclic N) is 1. The van der Waals surface area contributed by atoms with Gasteiger partial charge in [0.25, 0.3) is 0 Å². The number of hydrogen-bond donors (Lipinski definition) is 4. The fourth-order valence-corrected chi connectivity index (χ4v) is 4.25. The van der Waals surface area contributed by atoms with Gasteiger partial charge in [0.15, 0.2) is 0 Å². The summed E-state index contributed by atoms with van der Waals surface area (Å²) in [6.07, 6.45) is -0.599. The zero-order valence-electron chi connectivity index (χ0n) is 19.8. The van der Waals surface area contributed by atoms with Crippen molar-refractivity contribution in [2.24, 2.45) is 0 Å². The highest BCUT2D eigenvalue weighted by Crippen LogP contribution is 2.04. The number of carbonyl (C=O) groups is 3. The van der Waals surface area contributed by atoms with E-state index in [9.17, 15) is 34.8 Å². The Morgan fingerprint density at radius 3 is 1.18 bits per heavy atom. The van der Waals surface area contributed by atoms with Crippen molar-refractivity contribution < 1.29 is 39.5 Å². The second kappa shape index (κ2) is 15.2. The van der Waals surface area contributed by atoms with E-state index in [1.54, 1.807) is 14.7 Å². The third-order valence-corrected chi connectivity index (χ3v) is 6.05. The van der Waals surface area contributed by atoms with E-state index < -0.39 is 24.0 Å². The Bertz CT molecular complexity index is 617. The zero-order chi connectivity index (χ0) is 24.9. The van der Waals surface area contributed by atoms with E-state index >= 15 is 0 Å². The van der Waals surface area contributed by atoms with Crippen LogP contribution in [0, 0.1) is 0 Å². The lowest BCUT2D eigenvalue weighted by molar-refractivity contribution is -0.140. The van der Waals surface area contributed by atoms with Gasteiger partial charge in [0.2, 0.25) is 0 Å². The number of hydrogen-bond acceptors (Lipinski definition) is 10. The molecule has 0 bridgehead atoms. The van der Waals surface area contributed by atoms with Gasteiger partial charge in [0.1, 0.15) is 0 Å². The van der Waals surface area contributed by atoms with Crippen molar-refractivity contribution in [3.8, 4) is 0 Å². The summed E-state index contributed by atoms with van der Waals surface area (Å²) in [7, 11) is 0. The van der Waals surface area contributed by atoms with Gasteiger partial charge in [-0.25, -0.2) is 0 Å². The minimum absolute atomic E-state index is 0.157. The van der Waals surface area contributed by atoms with Crippen LogP contribution in [0.3, 0.4) is 0 Å². The molecule has 2 saturated heterocycles. The topological polar surface area (TPSA) is 158 Å². The Hall–Kier alpha value is -1.87. The number of carboxylic acid groups (broad SMARTS) is 3. The molecular formula is C21H39N5O8. The third kappa shape index (κ3) is 12.0. The van der Waals surface area contributed by atoms with E-state index in [1.165, 1.54) is 0 Å². The average molecular weight is 490 g/mol. The molecule has 13 heteroatoms. The number of rotatable bonds is 10. The maximum absolute atomic E-state index is 11.3. The van der Waals surface area contributed by atoms with Gasteiger partial charge in [0, 0.05) is 78.5 Å². The average Bonchev–Trinajstić information content (AvgIpc) is 2.75. The molecule has 0 aliphatic carbocycles. The maximum Gasteiger partial charge on any atom is 0.317 e. The van der Waals surface area contributed by atoms with Gasteiger partial charge >= 0.3 is 17.9 Å². The van der Waals surface area contributed by atoms with Crippen LogP contribution in [0.4, 0.5) is 0 Å².